The van der Waals surface area contributed by atoms with Crippen molar-refractivity contribution in [3.8, 4) is 0 Å². The highest BCUT2D eigenvalue weighted by Gasteiger charge is 3.05. The van der Waals surface area contributed by atoms with E-state index in [4.69, 9.17) is 28.4 Å². The molecule has 2 aromatic rings. The molecule has 12 atom stereocenters. The lowest BCUT2D eigenvalue weighted by Gasteiger charge is -2.48. The Morgan fingerprint density at radius 2 is 1.57 bits per heavy atom. The molecule has 0 radical (unpaired) electrons. The zero-order chi connectivity index (χ0) is 32.6. The molecule has 2 saturated carbocycles. The minimum Gasteiger partial charge on any atom is -0.456 e. The number of aliphatic hydroxyl groups is 2. The van der Waals surface area contributed by atoms with Crippen LogP contribution in [0.3, 0.4) is 0 Å². The van der Waals surface area contributed by atoms with Crippen LogP contribution >= 0.6 is 0 Å². The SMILES string of the molecule is C[C@@H]1C(=O)OC2[C@H](O)C34C5OC(=O)C3(OC3OC(=O)[C@H](OCc6ccccc6)C34[C@H](C(C)(C)C)[C@H]5OC(=O)c3ccccc3)[C@]21O. The predicted octanol–water partition coefficient (Wildman–Crippen LogP) is 1.69. The van der Waals surface area contributed by atoms with E-state index < -0.39 is 100.0 Å². The number of aliphatic hydroxyl groups excluding tert-OH is 1. The number of carbonyl (C=O) groups excluding carboxylic acids is 4. The Labute approximate surface area is 263 Å². The lowest BCUT2D eigenvalue weighted by molar-refractivity contribution is -0.240. The molecule has 2 aromatic carbocycles. The molecular formula is C34H34O12. The molecule has 4 aliphatic heterocycles. The van der Waals surface area contributed by atoms with Gasteiger partial charge in [-0.2, -0.15) is 0 Å². The van der Waals surface area contributed by atoms with E-state index in [1.165, 1.54) is 6.92 Å². The molecule has 4 saturated heterocycles. The van der Waals surface area contributed by atoms with Crippen LogP contribution in [0, 0.1) is 28.1 Å². The van der Waals surface area contributed by atoms with Crippen LogP contribution in [0.25, 0.3) is 0 Å². The van der Waals surface area contributed by atoms with Crippen LogP contribution in [-0.4, -0.2) is 82.1 Å². The summed E-state index contributed by atoms with van der Waals surface area (Å²) in [5, 5.41) is 25.0. The van der Waals surface area contributed by atoms with E-state index in [0.29, 0.717) is 0 Å². The first kappa shape index (κ1) is 29.6. The number of hydrogen-bond acceptors (Lipinski definition) is 12. The Morgan fingerprint density at radius 1 is 0.913 bits per heavy atom. The van der Waals surface area contributed by atoms with Crippen molar-refractivity contribution in [1.29, 1.82) is 0 Å². The van der Waals surface area contributed by atoms with E-state index in [2.05, 4.69) is 0 Å². The number of esters is 4. The molecular weight excluding hydrogens is 600 g/mol. The Hall–Kier alpha value is -3.84. The smallest absolute Gasteiger partial charge is 0.343 e. The summed E-state index contributed by atoms with van der Waals surface area (Å²) in [7, 11) is 0. The molecule has 46 heavy (non-hydrogen) atoms. The fraction of sp³-hybridized carbons (Fsp3) is 0.529. The van der Waals surface area contributed by atoms with Crippen LogP contribution in [0.1, 0.15) is 43.6 Å². The number of carbonyl (C=O) groups is 4. The van der Waals surface area contributed by atoms with Gasteiger partial charge in [-0.05, 0) is 30.0 Å². The first-order valence-corrected chi connectivity index (χ1v) is 15.4. The van der Waals surface area contributed by atoms with E-state index in [1.807, 2.05) is 51.1 Å². The average Bonchev–Trinajstić information content (AvgIpc) is 3.73. The number of ether oxygens (including phenoxy) is 6. The van der Waals surface area contributed by atoms with E-state index in [-0.39, 0.29) is 12.2 Å². The van der Waals surface area contributed by atoms with Crippen LogP contribution in [0.5, 0.6) is 0 Å². The predicted molar refractivity (Wildman–Crippen MR) is 152 cm³/mol. The van der Waals surface area contributed by atoms with Crippen molar-refractivity contribution in [2.75, 3.05) is 0 Å². The van der Waals surface area contributed by atoms with Gasteiger partial charge >= 0.3 is 23.9 Å². The third-order valence-electron chi connectivity index (χ3n) is 11.4. The van der Waals surface area contributed by atoms with Gasteiger partial charge in [-0.25, -0.2) is 14.4 Å². The molecule has 2 spiro atoms. The molecule has 12 heteroatoms. The molecule has 6 aliphatic rings. The van der Waals surface area contributed by atoms with Crippen LogP contribution < -0.4 is 0 Å². The molecule has 4 heterocycles. The summed E-state index contributed by atoms with van der Waals surface area (Å²) in [6.07, 6.45) is -9.21. The van der Waals surface area contributed by atoms with Gasteiger partial charge in [-0.15, -0.1) is 0 Å². The van der Waals surface area contributed by atoms with E-state index in [9.17, 15) is 29.4 Å². The van der Waals surface area contributed by atoms with Crippen molar-refractivity contribution >= 4 is 23.9 Å². The summed E-state index contributed by atoms with van der Waals surface area (Å²) >= 11 is 0. The molecule has 2 aliphatic carbocycles. The largest absolute Gasteiger partial charge is 0.456 e. The Balaban J connectivity index is 1.38. The van der Waals surface area contributed by atoms with Crippen molar-refractivity contribution in [1.82, 2.24) is 0 Å². The van der Waals surface area contributed by atoms with E-state index in [1.54, 1.807) is 30.3 Å². The number of rotatable bonds is 5. The maximum atomic E-state index is 14.3. The second-order valence-corrected chi connectivity index (χ2v) is 14.3. The summed E-state index contributed by atoms with van der Waals surface area (Å²) in [5.74, 6) is -5.72. The standard InChI is InChI=1S/C34H34O12/c1-16-25(36)43-23-21(35)32-22-19(42-26(37)18-13-9-6-10-14-18)20(30(2,3)4)31(32)24(41-15-17-11-7-5-8-12-17)27(38)45-29(31)46-34(32,28(39)44-22)33(16,23)40/h5-14,16,19-24,29,35,40H,15H2,1-4H3/t16-,19-,20+,21+,22?,23?,24+,29?,31?,32?,33-,34?/m1/s1. The summed E-state index contributed by atoms with van der Waals surface area (Å²) in [4.78, 5) is 54.9. The van der Waals surface area contributed by atoms with Gasteiger partial charge in [0.1, 0.15) is 12.2 Å². The fourth-order valence-electron chi connectivity index (χ4n) is 10.1. The molecule has 6 fully saturated rings. The van der Waals surface area contributed by atoms with E-state index >= 15 is 0 Å². The number of benzene rings is 2. The van der Waals surface area contributed by atoms with Crippen molar-refractivity contribution in [3.05, 3.63) is 71.8 Å². The third-order valence-corrected chi connectivity index (χ3v) is 11.4. The number of fused-ring (bicyclic) bond motifs is 1. The van der Waals surface area contributed by atoms with Crippen molar-refractivity contribution < 1.29 is 57.8 Å². The van der Waals surface area contributed by atoms with Gasteiger partial charge in [0.05, 0.1) is 28.9 Å². The second kappa shape index (κ2) is 9.15. The van der Waals surface area contributed by atoms with E-state index in [0.717, 1.165) is 5.56 Å². The maximum Gasteiger partial charge on any atom is 0.343 e. The zero-order valence-corrected chi connectivity index (χ0v) is 25.6. The molecule has 0 bridgehead atoms. The van der Waals surface area contributed by atoms with Crippen molar-refractivity contribution in [2.24, 2.45) is 28.1 Å². The quantitative estimate of drug-likeness (QED) is 0.362. The lowest BCUT2D eigenvalue weighted by Crippen LogP contribution is -2.67. The molecule has 0 aromatic heterocycles. The highest BCUT2D eigenvalue weighted by Crippen LogP contribution is 2.85. The highest BCUT2D eigenvalue weighted by molar-refractivity contribution is 5.95. The van der Waals surface area contributed by atoms with Gasteiger partial charge < -0.3 is 38.6 Å². The average molecular weight is 635 g/mol. The molecule has 12 nitrogen and oxygen atoms in total. The second-order valence-electron chi connectivity index (χ2n) is 14.3. The lowest BCUT2D eigenvalue weighted by atomic mass is 9.51. The minimum atomic E-state index is -2.45. The summed E-state index contributed by atoms with van der Waals surface area (Å²) in [6.45, 7) is 6.92. The normalized spacial score (nSPS) is 44.6. The van der Waals surface area contributed by atoms with Gasteiger partial charge in [-0.1, -0.05) is 69.3 Å². The molecule has 0 amide bonds. The van der Waals surface area contributed by atoms with Crippen LogP contribution in [0.2, 0.25) is 0 Å². The Kier molecular flexibility index (Phi) is 5.88. The van der Waals surface area contributed by atoms with Gasteiger partial charge in [0.25, 0.3) is 0 Å². The van der Waals surface area contributed by atoms with Crippen LogP contribution in [-0.2, 0) is 49.4 Å². The Morgan fingerprint density at radius 3 is 2.22 bits per heavy atom. The van der Waals surface area contributed by atoms with Crippen molar-refractivity contribution in [2.45, 2.75) is 82.3 Å². The van der Waals surface area contributed by atoms with Crippen molar-refractivity contribution in [3.63, 3.8) is 0 Å². The summed E-state index contributed by atoms with van der Waals surface area (Å²) in [5.41, 5.74) is -8.57. The number of hydrogen-bond donors (Lipinski definition) is 2. The molecule has 2 N–H and O–H groups in total. The molecule has 6 unspecified atom stereocenters. The molecule has 8 rings (SSSR count). The molecule has 242 valence electrons. The van der Waals surface area contributed by atoms with Gasteiger partial charge in [0, 0.05) is 5.92 Å². The highest BCUT2D eigenvalue weighted by atomic mass is 16.8. The fourth-order valence-corrected chi connectivity index (χ4v) is 10.1. The zero-order valence-electron chi connectivity index (χ0n) is 25.6. The first-order valence-electron chi connectivity index (χ1n) is 15.4. The van der Waals surface area contributed by atoms with Crippen LogP contribution in [0.4, 0.5) is 0 Å². The first-order chi connectivity index (χ1) is 21.8. The van der Waals surface area contributed by atoms with Crippen LogP contribution in [0.15, 0.2) is 60.7 Å². The maximum absolute atomic E-state index is 14.3. The summed E-state index contributed by atoms with van der Waals surface area (Å²) < 4.78 is 36.7. The monoisotopic (exact) mass is 634 g/mol. The Bertz CT molecular complexity index is 1650. The van der Waals surface area contributed by atoms with Gasteiger partial charge in [-0.3, -0.25) is 4.79 Å². The van der Waals surface area contributed by atoms with Gasteiger partial charge in [0.15, 0.2) is 23.9 Å². The van der Waals surface area contributed by atoms with Gasteiger partial charge in [0.2, 0.25) is 11.9 Å². The summed E-state index contributed by atoms with van der Waals surface area (Å²) in [6, 6.07) is 17.3. The topological polar surface area (TPSA) is 164 Å². The third kappa shape index (κ3) is 3.00. The minimum absolute atomic E-state index is 0.0574.